The smallest absolute Gasteiger partial charge is 0.303 e. The second-order valence-corrected chi connectivity index (χ2v) is 9.71. The van der Waals surface area contributed by atoms with Crippen LogP contribution in [-0.4, -0.2) is 40.7 Å². The Morgan fingerprint density at radius 2 is 1.23 bits per heavy atom. The molecule has 0 amide bonds. The molecule has 1 atom stereocenters. The van der Waals surface area contributed by atoms with Gasteiger partial charge in [0, 0.05) is 7.11 Å². The molecule has 0 aromatic carbocycles. The summed E-state index contributed by atoms with van der Waals surface area (Å²) >= 11 is 0. The molecule has 2 fully saturated rings. The summed E-state index contributed by atoms with van der Waals surface area (Å²) in [7, 11) is -5.16. The topological polar surface area (TPSA) is 108 Å². The third-order valence-corrected chi connectivity index (χ3v) is 6.75. The Bertz CT molecular complexity index is 515. The molecule has 30 heavy (non-hydrogen) atoms. The van der Waals surface area contributed by atoms with Crippen molar-refractivity contribution in [1.29, 1.82) is 0 Å². The van der Waals surface area contributed by atoms with Crippen LogP contribution in [0.15, 0.2) is 0 Å². The normalized spacial score (nSPS) is 18.9. The van der Waals surface area contributed by atoms with Crippen molar-refractivity contribution < 1.29 is 35.3 Å². The summed E-state index contributed by atoms with van der Waals surface area (Å²) < 4.78 is 50.1. The first-order valence-electron chi connectivity index (χ1n) is 11.3. The van der Waals surface area contributed by atoms with E-state index in [2.05, 4.69) is 12.9 Å². The fourth-order valence-corrected chi connectivity index (χ4v) is 4.19. The van der Waals surface area contributed by atoms with Gasteiger partial charge in [0.2, 0.25) is 0 Å². The third kappa shape index (κ3) is 17.6. The molecular formula is C20H45O8PS. The predicted octanol–water partition coefficient (Wildman–Crippen LogP) is 5.86. The highest BCUT2D eigenvalue weighted by Crippen LogP contribution is 2.42. The first-order valence-corrected chi connectivity index (χ1v) is 14.1. The molecule has 8 nitrogen and oxygen atoms in total. The Balaban J connectivity index is 0. The van der Waals surface area contributed by atoms with Gasteiger partial charge in [0.1, 0.15) is 0 Å². The highest BCUT2D eigenvalue weighted by molar-refractivity contribution is 7.81. The Kier molecular flexibility index (Phi) is 21.1. The monoisotopic (exact) mass is 476 g/mol. The number of phosphoric ester groups is 1. The number of hydrogen-bond acceptors (Lipinski definition) is 7. The Morgan fingerprint density at radius 3 is 1.60 bits per heavy atom. The predicted molar refractivity (Wildman–Crippen MR) is 121 cm³/mol. The Morgan fingerprint density at radius 1 is 0.833 bits per heavy atom. The van der Waals surface area contributed by atoms with Crippen molar-refractivity contribution in [2.45, 2.75) is 91.9 Å². The largest absolute Gasteiger partial charge is 0.471 e. The Hall–Kier alpha value is -0.0200. The second-order valence-electron chi connectivity index (χ2n) is 6.76. The molecule has 0 aromatic rings. The van der Waals surface area contributed by atoms with Crippen molar-refractivity contribution in [2.24, 2.45) is 11.8 Å². The van der Waals surface area contributed by atoms with E-state index in [1.807, 2.05) is 27.7 Å². The highest BCUT2D eigenvalue weighted by Gasteiger charge is 2.20. The van der Waals surface area contributed by atoms with Gasteiger partial charge in [-0.1, -0.05) is 79.1 Å². The van der Waals surface area contributed by atoms with E-state index < -0.39 is 18.2 Å². The maximum absolute atomic E-state index is 10.9. The van der Waals surface area contributed by atoms with Gasteiger partial charge >= 0.3 is 18.2 Å². The van der Waals surface area contributed by atoms with Crippen LogP contribution in [0.3, 0.4) is 0 Å². The molecule has 1 N–H and O–H groups in total. The van der Waals surface area contributed by atoms with E-state index in [4.69, 9.17) is 9.42 Å². The molecule has 0 aromatic heterocycles. The fraction of sp³-hybridized carbons (Fsp3) is 1.00. The van der Waals surface area contributed by atoms with Crippen molar-refractivity contribution in [3.63, 3.8) is 0 Å². The van der Waals surface area contributed by atoms with Crippen LogP contribution >= 0.6 is 7.82 Å². The molecule has 0 radical (unpaired) electrons. The summed E-state index contributed by atoms with van der Waals surface area (Å²) in [6.07, 6.45) is 11.7. The highest BCUT2D eigenvalue weighted by atomic mass is 32.3. The van der Waals surface area contributed by atoms with Gasteiger partial charge in [-0.25, -0.2) is 8.75 Å². The molecule has 10 heteroatoms. The number of rotatable bonds is 10. The maximum atomic E-state index is 10.9. The van der Waals surface area contributed by atoms with E-state index in [1.54, 1.807) is 0 Å². The zero-order valence-electron chi connectivity index (χ0n) is 19.8. The molecule has 2 aliphatic rings. The first kappa shape index (κ1) is 32.2. The quantitative estimate of drug-likeness (QED) is 0.391. The molecule has 1 unspecified atom stereocenters. The molecule has 184 valence electrons. The Labute approximate surface area is 185 Å². The lowest BCUT2D eigenvalue weighted by atomic mass is 10.1. The molecule has 2 saturated carbocycles. The van der Waals surface area contributed by atoms with Gasteiger partial charge in [-0.15, -0.1) is 0 Å². The lowest BCUT2D eigenvalue weighted by Crippen LogP contribution is -2.10. The van der Waals surface area contributed by atoms with Gasteiger partial charge in [-0.05, 0) is 24.7 Å². The van der Waals surface area contributed by atoms with Crippen molar-refractivity contribution in [1.82, 2.24) is 0 Å². The van der Waals surface area contributed by atoms with Crippen LogP contribution in [0.25, 0.3) is 0 Å². The lowest BCUT2D eigenvalue weighted by molar-refractivity contribution is 0.164. The van der Waals surface area contributed by atoms with Gasteiger partial charge in [0.25, 0.3) is 0 Å². The summed E-state index contributed by atoms with van der Waals surface area (Å²) in [4.78, 5) is 8.91. The summed E-state index contributed by atoms with van der Waals surface area (Å²) in [5.74, 6) is 1.32. The van der Waals surface area contributed by atoms with E-state index in [1.165, 1.54) is 58.5 Å². The van der Waals surface area contributed by atoms with Crippen LogP contribution in [0.2, 0.25) is 0 Å². The zero-order chi connectivity index (χ0) is 23.5. The third-order valence-electron chi connectivity index (χ3n) is 4.92. The van der Waals surface area contributed by atoms with E-state index >= 15 is 0 Å². The summed E-state index contributed by atoms with van der Waals surface area (Å²) in [5, 5.41) is 0. The van der Waals surface area contributed by atoms with E-state index in [0.717, 1.165) is 20.0 Å². The summed E-state index contributed by atoms with van der Waals surface area (Å²) in [6.45, 7) is 8.58. The average molecular weight is 477 g/mol. The molecule has 0 aliphatic heterocycles. The van der Waals surface area contributed by atoms with E-state index in [9.17, 15) is 13.0 Å². The maximum Gasteiger partial charge on any atom is 0.471 e. The van der Waals surface area contributed by atoms with Crippen LogP contribution in [0, 0.1) is 11.8 Å². The van der Waals surface area contributed by atoms with Crippen LogP contribution < -0.4 is 0 Å². The number of hydrogen-bond donors (Lipinski definition) is 1. The van der Waals surface area contributed by atoms with Crippen molar-refractivity contribution in [3.05, 3.63) is 0 Å². The summed E-state index contributed by atoms with van der Waals surface area (Å²) in [5.41, 5.74) is 0. The minimum atomic E-state index is -3.73. The van der Waals surface area contributed by atoms with Crippen LogP contribution in [0.4, 0.5) is 0 Å². The van der Waals surface area contributed by atoms with Gasteiger partial charge in [-0.2, -0.15) is 8.42 Å². The molecular weight excluding hydrogens is 431 g/mol. The molecule has 0 saturated heterocycles. The zero-order valence-corrected chi connectivity index (χ0v) is 21.5. The van der Waals surface area contributed by atoms with Crippen LogP contribution in [0.5, 0.6) is 0 Å². The number of phosphoric acid groups is 1. The van der Waals surface area contributed by atoms with E-state index in [0.29, 0.717) is 18.4 Å². The standard InChI is InChI=1S/C8H17O4P.C8H16O4S.2C2H6/c2*1-11-13(9,10)12-7-6-8-4-2-3-5-8;2*1-2/h8H,2-7H2,1H3,(H,9,10);8H,2-7H2,1H3;2*1-2H3. The SMILES string of the molecule is CC.CC.COP(=O)(O)OCCC1CCCC1.COS(=O)(=O)OCCC1CCCC1. The van der Waals surface area contributed by atoms with Crippen molar-refractivity contribution >= 4 is 18.2 Å². The van der Waals surface area contributed by atoms with Gasteiger partial charge in [-0.3, -0.25) is 13.2 Å². The molecule has 0 bridgehead atoms. The van der Waals surface area contributed by atoms with Gasteiger partial charge in [0.15, 0.2) is 0 Å². The fourth-order valence-electron chi connectivity index (χ4n) is 3.35. The summed E-state index contributed by atoms with van der Waals surface area (Å²) in [6, 6.07) is 0. The minimum absolute atomic E-state index is 0.251. The van der Waals surface area contributed by atoms with Gasteiger partial charge in [0.05, 0.1) is 20.3 Å². The van der Waals surface area contributed by atoms with Crippen molar-refractivity contribution in [3.8, 4) is 0 Å². The molecule has 2 rings (SSSR count). The average Bonchev–Trinajstić information content (AvgIpc) is 3.46. The molecule has 0 heterocycles. The second kappa shape index (κ2) is 19.6. The van der Waals surface area contributed by atoms with Gasteiger partial charge < -0.3 is 4.89 Å². The molecule has 0 spiro atoms. The molecule has 2 aliphatic carbocycles. The van der Waals surface area contributed by atoms with Crippen LogP contribution in [0.1, 0.15) is 91.9 Å². The van der Waals surface area contributed by atoms with E-state index in [-0.39, 0.29) is 6.61 Å². The minimum Gasteiger partial charge on any atom is -0.303 e. The van der Waals surface area contributed by atoms with Crippen LogP contribution in [-0.2, 0) is 32.4 Å². The first-order chi connectivity index (χ1) is 14.3. The van der Waals surface area contributed by atoms with Crippen molar-refractivity contribution in [2.75, 3.05) is 27.4 Å². The lowest BCUT2D eigenvalue weighted by Gasteiger charge is -2.11.